The van der Waals surface area contributed by atoms with Gasteiger partial charge in [0.2, 0.25) is 0 Å². The van der Waals surface area contributed by atoms with Gasteiger partial charge in [-0.3, -0.25) is 9.69 Å². The number of hydrogen-bond donors (Lipinski definition) is 0. The molecule has 1 fully saturated rings. The average molecular weight is 683 g/mol. The lowest BCUT2D eigenvalue weighted by molar-refractivity contribution is 0.0105. The number of aromatic nitrogens is 6. The minimum Gasteiger partial charge on any atom is -0.334 e. The van der Waals surface area contributed by atoms with Gasteiger partial charge in [-0.25, -0.2) is 19.9 Å². The number of pyridine rings is 2. The molecule has 5 heterocycles. The summed E-state index contributed by atoms with van der Waals surface area (Å²) in [5.74, 6) is 1.73. The first-order valence-electron chi connectivity index (χ1n) is 17.3. The van der Waals surface area contributed by atoms with E-state index in [4.69, 9.17) is 0 Å². The number of fused-ring (bicyclic) bond motifs is 2. The Morgan fingerprint density at radius 3 is 1.78 bits per heavy atom. The summed E-state index contributed by atoms with van der Waals surface area (Å²) >= 11 is 0. The van der Waals surface area contributed by atoms with Crippen molar-refractivity contribution in [2.75, 3.05) is 37.0 Å². The largest absolute Gasteiger partial charge is 0.334 e. The van der Waals surface area contributed by atoms with E-state index in [1.54, 1.807) is 12.5 Å². The van der Waals surface area contributed by atoms with Crippen LogP contribution in [-0.4, -0.2) is 67.4 Å². The van der Waals surface area contributed by atoms with E-state index in [1.807, 2.05) is 79.0 Å². The molecule has 0 bridgehead atoms. The Kier molecular flexibility index (Phi) is 9.90. The number of aryl methyl sites for hydroxylation is 4. The van der Waals surface area contributed by atoms with Gasteiger partial charge in [-0.15, -0.1) is 0 Å². The zero-order valence-corrected chi connectivity index (χ0v) is 30.8. The van der Waals surface area contributed by atoms with Crippen molar-refractivity contribution in [2.24, 2.45) is 19.5 Å². The Bertz CT molecular complexity index is 2240. The number of likely N-dealkylation sites (tertiary alicyclic amines) is 1. The zero-order chi connectivity index (χ0) is 36.4. The first-order valence-corrected chi connectivity index (χ1v) is 17.3. The number of hydrogen-bond acceptors (Lipinski definition) is 9. The number of nitriles is 1. The number of carbonyl (C=O) groups excluding carboxylic acids is 1. The molecule has 4 aromatic heterocycles. The minimum atomic E-state index is -0.184. The van der Waals surface area contributed by atoms with E-state index in [0.29, 0.717) is 11.0 Å². The summed E-state index contributed by atoms with van der Waals surface area (Å²) in [5.41, 5.74) is 10.5. The van der Waals surface area contributed by atoms with Crippen LogP contribution in [0.25, 0.3) is 22.1 Å². The number of imidazole rings is 2. The number of benzene rings is 2. The molecule has 1 unspecified atom stereocenters. The smallest absolute Gasteiger partial charge is 0.150 e. The molecule has 0 saturated carbocycles. The van der Waals surface area contributed by atoms with E-state index in [9.17, 15) is 10.1 Å². The van der Waals surface area contributed by atoms with Gasteiger partial charge >= 0.3 is 0 Å². The van der Waals surface area contributed by atoms with E-state index in [2.05, 4.69) is 87.8 Å². The predicted octanol–water partition coefficient (Wildman–Crippen LogP) is 7.32. The highest BCUT2D eigenvalue weighted by Gasteiger charge is 2.39. The summed E-state index contributed by atoms with van der Waals surface area (Å²) in [7, 11) is 7.98. The maximum atomic E-state index is 10.9. The second-order valence-electron chi connectivity index (χ2n) is 14.1. The molecule has 0 spiro atoms. The molecule has 51 heavy (non-hydrogen) atoms. The minimum absolute atomic E-state index is 0.184. The van der Waals surface area contributed by atoms with Crippen molar-refractivity contribution in [3.8, 4) is 6.07 Å². The van der Waals surface area contributed by atoms with Gasteiger partial charge in [-0.2, -0.15) is 5.26 Å². The molecule has 2 aromatic carbocycles. The van der Waals surface area contributed by atoms with Gasteiger partial charge in [0.1, 0.15) is 35.0 Å². The lowest BCUT2D eigenvalue weighted by Gasteiger charge is -2.48. The van der Waals surface area contributed by atoms with E-state index in [0.717, 1.165) is 88.4 Å². The molecule has 262 valence electrons. The normalized spacial score (nSPS) is 14.3. The van der Waals surface area contributed by atoms with Crippen molar-refractivity contribution in [3.63, 3.8) is 0 Å². The van der Waals surface area contributed by atoms with Crippen LogP contribution < -0.4 is 9.80 Å². The van der Waals surface area contributed by atoms with Crippen molar-refractivity contribution in [2.45, 2.75) is 46.6 Å². The molecule has 6 aromatic rings. The fraction of sp³-hybridized carbons (Fsp3) is 0.350. The van der Waals surface area contributed by atoms with Crippen molar-refractivity contribution in [3.05, 3.63) is 95.8 Å². The van der Waals surface area contributed by atoms with Gasteiger partial charge in [-0.05, 0) is 59.2 Å². The lowest BCUT2D eigenvalue weighted by atomic mass is 9.82. The van der Waals surface area contributed by atoms with Gasteiger partial charge in [-0.1, -0.05) is 39.8 Å². The molecule has 1 atom stereocenters. The molecule has 0 aliphatic carbocycles. The van der Waals surface area contributed by atoms with E-state index < -0.39 is 0 Å². The Morgan fingerprint density at radius 2 is 1.31 bits per heavy atom. The third kappa shape index (κ3) is 7.05. The first-order chi connectivity index (χ1) is 24.5. The van der Waals surface area contributed by atoms with Crippen molar-refractivity contribution < 1.29 is 4.79 Å². The molecule has 1 aliphatic rings. The Labute approximate surface area is 299 Å². The fourth-order valence-corrected chi connectivity index (χ4v) is 6.93. The molecule has 11 nitrogen and oxygen atoms in total. The van der Waals surface area contributed by atoms with E-state index in [1.165, 1.54) is 5.56 Å². The maximum absolute atomic E-state index is 10.9. The van der Waals surface area contributed by atoms with Crippen molar-refractivity contribution in [1.29, 1.82) is 5.26 Å². The standard InChI is InChI=1S/C23H28N6.C17H18N4O/c1-6-16-9-17(21(11-24)29-13-23(2,3)14-29)7-8-19(16)28(5)22-10-20-18(12-25-22)26-15-27(20)4;1-4-13-7-12(10-22)5-6-15(13)21(3)17-8-16-14(9-18-17)19-11-20(16)2/h7-10,12,15,21H,6,13-14H2,1-5H3;5-11H,4H2,1-3H3. The number of carbonyl (C=O) groups is 1. The van der Waals surface area contributed by atoms with Gasteiger partial charge in [0.05, 0.1) is 42.2 Å². The van der Waals surface area contributed by atoms with Crippen molar-refractivity contribution >= 4 is 51.4 Å². The monoisotopic (exact) mass is 682 g/mol. The fourth-order valence-electron chi connectivity index (χ4n) is 6.93. The quantitative estimate of drug-likeness (QED) is 0.145. The molecule has 0 N–H and O–H groups in total. The van der Waals surface area contributed by atoms with E-state index in [-0.39, 0.29) is 6.04 Å². The highest BCUT2D eigenvalue weighted by atomic mass is 16.1. The van der Waals surface area contributed by atoms with Crippen LogP contribution in [-0.2, 0) is 26.9 Å². The van der Waals surface area contributed by atoms with Crippen LogP contribution in [0.5, 0.6) is 0 Å². The zero-order valence-electron chi connectivity index (χ0n) is 30.8. The van der Waals surface area contributed by atoms with Crippen LogP contribution in [0.3, 0.4) is 0 Å². The van der Waals surface area contributed by atoms with Gasteiger partial charge < -0.3 is 18.9 Å². The lowest BCUT2D eigenvalue weighted by Crippen LogP contribution is -2.53. The van der Waals surface area contributed by atoms with Crippen LogP contribution in [0.2, 0.25) is 0 Å². The Morgan fingerprint density at radius 1 is 0.804 bits per heavy atom. The second-order valence-corrected chi connectivity index (χ2v) is 14.1. The second kappa shape index (κ2) is 14.3. The molecular weight excluding hydrogens is 637 g/mol. The number of anilines is 4. The SMILES string of the molecule is CCc1cc(C(C#N)N2CC(C)(C)C2)ccc1N(C)c1cc2c(cn1)ncn2C.CCc1cc(C=O)ccc1N(C)c1cc2c(cn1)ncn2C. The third-order valence-electron chi connectivity index (χ3n) is 9.78. The highest BCUT2D eigenvalue weighted by Crippen LogP contribution is 2.38. The summed E-state index contributed by atoms with van der Waals surface area (Å²) < 4.78 is 3.98. The summed E-state index contributed by atoms with van der Waals surface area (Å²) in [4.78, 5) is 35.1. The Balaban J connectivity index is 0.000000183. The molecule has 0 radical (unpaired) electrons. The van der Waals surface area contributed by atoms with Crippen LogP contribution in [0.15, 0.2) is 73.6 Å². The molecule has 1 saturated heterocycles. The van der Waals surface area contributed by atoms with Gasteiger partial charge in [0.15, 0.2) is 0 Å². The molecule has 1 aliphatic heterocycles. The Hall–Kier alpha value is -5.60. The summed E-state index contributed by atoms with van der Waals surface area (Å²) in [6, 6.07) is 18.5. The maximum Gasteiger partial charge on any atom is 0.150 e. The van der Waals surface area contributed by atoms with Crippen LogP contribution >= 0.6 is 0 Å². The first kappa shape index (κ1) is 35.2. The van der Waals surface area contributed by atoms with Gasteiger partial charge in [0, 0.05) is 70.4 Å². The van der Waals surface area contributed by atoms with Crippen molar-refractivity contribution in [1.82, 2.24) is 34.0 Å². The molecule has 11 heteroatoms. The predicted molar refractivity (Wildman–Crippen MR) is 204 cm³/mol. The van der Waals surface area contributed by atoms with Gasteiger partial charge in [0.25, 0.3) is 0 Å². The number of nitrogens with zero attached hydrogens (tertiary/aromatic N) is 10. The summed E-state index contributed by atoms with van der Waals surface area (Å²) in [5, 5.41) is 9.79. The van der Waals surface area contributed by atoms with E-state index >= 15 is 0 Å². The molecule has 0 amide bonds. The average Bonchev–Trinajstić information content (AvgIpc) is 3.71. The number of aldehydes is 1. The van der Waals surface area contributed by atoms with Crippen LogP contribution in [0.4, 0.5) is 23.0 Å². The summed E-state index contributed by atoms with van der Waals surface area (Å²) in [6.45, 7) is 10.7. The van der Waals surface area contributed by atoms with Crippen LogP contribution in [0, 0.1) is 16.7 Å². The topological polar surface area (TPSA) is 112 Å². The molecular formula is C40H46N10O. The van der Waals surface area contributed by atoms with Crippen LogP contribution in [0.1, 0.15) is 60.8 Å². The summed E-state index contributed by atoms with van der Waals surface area (Å²) in [6.07, 6.45) is 9.82. The highest BCUT2D eigenvalue weighted by molar-refractivity contribution is 5.81. The molecule has 7 rings (SSSR count). The number of rotatable bonds is 9. The third-order valence-corrected chi connectivity index (χ3v) is 9.78.